The van der Waals surface area contributed by atoms with Crippen LogP contribution in [0.1, 0.15) is 41.2 Å². The molecule has 1 saturated heterocycles. The second kappa shape index (κ2) is 7.54. The summed E-state index contributed by atoms with van der Waals surface area (Å²) in [6.07, 6.45) is 3.33. The Morgan fingerprint density at radius 1 is 0.786 bits per heavy atom. The maximum absolute atomic E-state index is 6.83. The van der Waals surface area contributed by atoms with Crippen molar-refractivity contribution in [2.75, 3.05) is 19.6 Å². The van der Waals surface area contributed by atoms with Crippen molar-refractivity contribution < 1.29 is 4.74 Å². The predicted octanol–water partition coefficient (Wildman–Crippen LogP) is 5.34. The summed E-state index contributed by atoms with van der Waals surface area (Å²) >= 11 is 0. The van der Waals surface area contributed by atoms with Gasteiger partial charge in [0.2, 0.25) is 0 Å². The molecule has 1 fully saturated rings. The first-order valence-corrected chi connectivity index (χ1v) is 10.4. The molecule has 0 aliphatic carbocycles. The third-order valence-corrected chi connectivity index (χ3v) is 6.40. The zero-order chi connectivity index (χ0) is 18.8. The summed E-state index contributed by atoms with van der Waals surface area (Å²) in [4.78, 5) is 2.60. The van der Waals surface area contributed by atoms with Crippen molar-refractivity contribution in [2.45, 2.75) is 31.0 Å². The second-order valence-corrected chi connectivity index (χ2v) is 8.07. The maximum Gasteiger partial charge on any atom is 0.109 e. The normalized spacial score (nSPS) is 20.9. The van der Waals surface area contributed by atoms with Crippen molar-refractivity contribution in [3.63, 3.8) is 0 Å². The van der Waals surface area contributed by atoms with Gasteiger partial charge in [-0.2, -0.15) is 0 Å². The van der Waals surface area contributed by atoms with Crippen LogP contribution in [0.4, 0.5) is 0 Å². The van der Waals surface area contributed by atoms with Crippen LogP contribution in [-0.4, -0.2) is 24.5 Å². The molecule has 2 heterocycles. The van der Waals surface area contributed by atoms with Crippen LogP contribution in [0.2, 0.25) is 0 Å². The first-order chi connectivity index (χ1) is 13.8. The molecule has 2 heteroatoms. The lowest BCUT2D eigenvalue weighted by Gasteiger charge is -2.40. The van der Waals surface area contributed by atoms with Gasteiger partial charge in [-0.05, 0) is 41.5 Å². The molecule has 0 amide bonds. The standard InChI is InChI=1S/C26H27NO/c1-3-9-21(10-4-1)15-18-27-19-16-26(17-20-27)24-14-8-7-13-23(24)25(28-26)22-11-5-2-6-12-22/h1-14,25H,15-20H2. The molecule has 2 nitrogen and oxygen atoms in total. The summed E-state index contributed by atoms with van der Waals surface area (Å²) in [5, 5.41) is 0. The fourth-order valence-corrected chi connectivity index (χ4v) is 4.83. The van der Waals surface area contributed by atoms with Crippen LogP contribution in [0.3, 0.4) is 0 Å². The van der Waals surface area contributed by atoms with Crippen LogP contribution in [0, 0.1) is 0 Å². The quantitative estimate of drug-likeness (QED) is 0.615. The Balaban J connectivity index is 1.31. The molecule has 1 unspecified atom stereocenters. The summed E-state index contributed by atoms with van der Waals surface area (Å²) in [7, 11) is 0. The fourth-order valence-electron chi connectivity index (χ4n) is 4.83. The Morgan fingerprint density at radius 2 is 1.43 bits per heavy atom. The van der Waals surface area contributed by atoms with E-state index in [0.717, 1.165) is 38.9 Å². The van der Waals surface area contributed by atoms with E-state index in [9.17, 15) is 0 Å². The smallest absolute Gasteiger partial charge is 0.109 e. The molecule has 142 valence electrons. The minimum atomic E-state index is -0.125. The van der Waals surface area contributed by atoms with E-state index in [4.69, 9.17) is 4.74 Å². The van der Waals surface area contributed by atoms with Crippen molar-refractivity contribution in [1.82, 2.24) is 4.90 Å². The molecular weight excluding hydrogens is 342 g/mol. The molecule has 5 rings (SSSR count). The largest absolute Gasteiger partial charge is 0.358 e. The minimum Gasteiger partial charge on any atom is -0.358 e. The van der Waals surface area contributed by atoms with E-state index >= 15 is 0 Å². The Morgan fingerprint density at radius 3 is 2.18 bits per heavy atom. The topological polar surface area (TPSA) is 12.5 Å². The van der Waals surface area contributed by atoms with Crippen molar-refractivity contribution >= 4 is 0 Å². The third kappa shape index (κ3) is 3.28. The van der Waals surface area contributed by atoms with Gasteiger partial charge in [-0.25, -0.2) is 0 Å². The van der Waals surface area contributed by atoms with E-state index in [1.807, 2.05) is 0 Å². The van der Waals surface area contributed by atoms with Gasteiger partial charge in [-0.1, -0.05) is 84.9 Å². The average molecular weight is 370 g/mol. The molecule has 2 aliphatic rings. The molecule has 3 aromatic carbocycles. The molecule has 0 aromatic heterocycles. The number of hydrogen-bond donors (Lipinski definition) is 0. The molecule has 2 aliphatic heterocycles. The van der Waals surface area contributed by atoms with Gasteiger partial charge in [-0.3, -0.25) is 0 Å². The Labute approximate surface area is 167 Å². The zero-order valence-corrected chi connectivity index (χ0v) is 16.3. The zero-order valence-electron chi connectivity index (χ0n) is 16.3. The van der Waals surface area contributed by atoms with Crippen LogP contribution in [-0.2, 0) is 16.8 Å². The van der Waals surface area contributed by atoms with E-state index in [1.54, 1.807) is 0 Å². The minimum absolute atomic E-state index is 0.0632. The average Bonchev–Trinajstić information content (AvgIpc) is 3.09. The molecule has 3 aromatic rings. The molecule has 0 saturated carbocycles. The fraction of sp³-hybridized carbons (Fsp3) is 0.308. The number of ether oxygens (including phenoxy) is 1. The van der Waals surface area contributed by atoms with Crippen molar-refractivity contribution in [3.05, 3.63) is 107 Å². The van der Waals surface area contributed by atoms with E-state index in [2.05, 4.69) is 89.8 Å². The summed E-state index contributed by atoms with van der Waals surface area (Å²) < 4.78 is 6.83. The SMILES string of the molecule is c1ccc(CCN2CCC3(CC2)OC(c2ccccc2)c2ccccc23)cc1. The molecule has 28 heavy (non-hydrogen) atoms. The molecule has 1 atom stereocenters. The highest BCUT2D eigenvalue weighted by Gasteiger charge is 2.46. The van der Waals surface area contributed by atoms with Crippen molar-refractivity contribution in [1.29, 1.82) is 0 Å². The van der Waals surface area contributed by atoms with E-state index in [-0.39, 0.29) is 11.7 Å². The van der Waals surface area contributed by atoms with Gasteiger partial charge < -0.3 is 9.64 Å². The Hall–Kier alpha value is -2.42. The number of nitrogens with zero attached hydrogens (tertiary/aromatic N) is 1. The third-order valence-electron chi connectivity index (χ3n) is 6.40. The predicted molar refractivity (Wildman–Crippen MR) is 113 cm³/mol. The summed E-state index contributed by atoms with van der Waals surface area (Å²) in [6, 6.07) is 30.3. The number of hydrogen-bond acceptors (Lipinski definition) is 2. The number of likely N-dealkylation sites (tertiary alicyclic amines) is 1. The monoisotopic (exact) mass is 369 g/mol. The van der Waals surface area contributed by atoms with E-state index in [0.29, 0.717) is 0 Å². The maximum atomic E-state index is 6.83. The second-order valence-electron chi connectivity index (χ2n) is 8.07. The van der Waals surface area contributed by atoms with Gasteiger partial charge in [0.15, 0.2) is 0 Å². The van der Waals surface area contributed by atoms with Gasteiger partial charge in [0.25, 0.3) is 0 Å². The van der Waals surface area contributed by atoms with Crippen LogP contribution in [0.15, 0.2) is 84.9 Å². The lowest BCUT2D eigenvalue weighted by molar-refractivity contribution is -0.0966. The number of piperidine rings is 1. The number of benzene rings is 3. The molecule has 0 bridgehead atoms. The molecule has 0 N–H and O–H groups in total. The molecular formula is C26H27NO. The van der Waals surface area contributed by atoms with Gasteiger partial charge >= 0.3 is 0 Å². The molecule has 1 spiro atoms. The van der Waals surface area contributed by atoms with Gasteiger partial charge in [0.1, 0.15) is 6.10 Å². The Kier molecular flexibility index (Phi) is 4.76. The van der Waals surface area contributed by atoms with Crippen LogP contribution in [0.25, 0.3) is 0 Å². The summed E-state index contributed by atoms with van der Waals surface area (Å²) in [5.41, 5.74) is 5.33. The first kappa shape index (κ1) is 17.7. The summed E-state index contributed by atoms with van der Waals surface area (Å²) in [5.74, 6) is 0. The highest BCUT2D eigenvalue weighted by molar-refractivity contribution is 5.43. The Bertz CT molecular complexity index is 913. The van der Waals surface area contributed by atoms with Gasteiger partial charge in [-0.15, -0.1) is 0 Å². The lowest BCUT2D eigenvalue weighted by atomic mass is 9.83. The highest BCUT2D eigenvalue weighted by atomic mass is 16.5. The van der Waals surface area contributed by atoms with Crippen LogP contribution in [0.5, 0.6) is 0 Å². The van der Waals surface area contributed by atoms with Gasteiger partial charge in [0, 0.05) is 19.6 Å². The number of fused-ring (bicyclic) bond motifs is 2. The van der Waals surface area contributed by atoms with E-state index < -0.39 is 0 Å². The van der Waals surface area contributed by atoms with Crippen LogP contribution >= 0.6 is 0 Å². The first-order valence-electron chi connectivity index (χ1n) is 10.4. The summed E-state index contributed by atoms with van der Waals surface area (Å²) in [6.45, 7) is 3.33. The molecule has 0 radical (unpaired) electrons. The van der Waals surface area contributed by atoms with Crippen LogP contribution < -0.4 is 0 Å². The van der Waals surface area contributed by atoms with Crippen molar-refractivity contribution in [3.8, 4) is 0 Å². The number of rotatable bonds is 4. The lowest BCUT2D eigenvalue weighted by Crippen LogP contribution is -2.43. The van der Waals surface area contributed by atoms with Gasteiger partial charge in [0.05, 0.1) is 5.60 Å². The van der Waals surface area contributed by atoms with E-state index in [1.165, 1.54) is 22.3 Å². The highest BCUT2D eigenvalue weighted by Crippen LogP contribution is 2.51. The van der Waals surface area contributed by atoms with Crippen molar-refractivity contribution in [2.24, 2.45) is 0 Å².